The average Bonchev–Trinajstić information content (AvgIpc) is 3.04. The second kappa shape index (κ2) is 2.44. The SMILES string of the molecule is CC1(C)O[C@@H]2[C@@H](CN3OC4(CC4)C4(CC4)[C@@H]23)O1. The molecule has 0 amide bonds. The van der Waals surface area contributed by atoms with Crippen molar-refractivity contribution in [1.82, 2.24) is 5.06 Å². The standard InChI is InChI=1S/C13H19NO3/c1-11(2)15-8-7-14-10(9(8)16-11)12(3-4-12)13(17-14)5-6-13/h8-10H,3-7H2,1-2H3/t8-,9-,10-/m1/s1. The molecular formula is C13H19NO3. The summed E-state index contributed by atoms with van der Waals surface area (Å²) in [6.07, 6.45) is 5.59. The van der Waals surface area contributed by atoms with Crippen molar-refractivity contribution < 1.29 is 14.3 Å². The Labute approximate surface area is 101 Å². The highest BCUT2D eigenvalue weighted by atomic mass is 16.8. The predicted octanol–water partition coefficient (Wildman–Crippen LogP) is 1.45. The lowest BCUT2D eigenvalue weighted by atomic mass is 9.86. The molecule has 0 radical (unpaired) electrons. The quantitative estimate of drug-likeness (QED) is 0.638. The van der Waals surface area contributed by atoms with Gasteiger partial charge in [-0.25, -0.2) is 0 Å². The third-order valence-electron chi connectivity index (χ3n) is 5.46. The molecule has 0 aromatic rings. The van der Waals surface area contributed by atoms with Crippen molar-refractivity contribution in [2.24, 2.45) is 5.41 Å². The van der Waals surface area contributed by atoms with Gasteiger partial charge in [-0.05, 0) is 39.5 Å². The minimum atomic E-state index is -0.406. The first kappa shape index (κ1) is 9.73. The van der Waals surface area contributed by atoms with Crippen LogP contribution in [0.25, 0.3) is 0 Å². The fourth-order valence-corrected chi connectivity index (χ4v) is 4.58. The van der Waals surface area contributed by atoms with Crippen molar-refractivity contribution in [2.75, 3.05) is 6.54 Å². The first-order valence-electron chi connectivity index (χ1n) is 6.87. The van der Waals surface area contributed by atoms with Crippen LogP contribution in [0.1, 0.15) is 39.5 Å². The van der Waals surface area contributed by atoms with Gasteiger partial charge in [-0.3, -0.25) is 4.84 Å². The largest absolute Gasteiger partial charge is 0.343 e. The molecule has 0 bridgehead atoms. The Morgan fingerprint density at radius 1 is 1.06 bits per heavy atom. The highest BCUT2D eigenvalue weighted by Gasteiger charge is 2.80. The number of nitrogens with zero attached hydrogens (tertiary/aromatic N) is 1. The zero-order chi connectivity index (χ0) is 11.5. The van der Waals surface area contributed by atoms with Crippen LogP contribution in [-0.2, 0) is 14.3 Å². The van der Waals surface area contributed by atoms with E-state index in [1.54, 1.807) is 0 Å². The summed E-state index contributed by atoms with van der Waals surface area (Å²) < 4.78 is 12.1. The van der Waals surface area contributed by atoms with E-state index in [2.05, 4.69) is 5.06 Å². The number of ether oxygens (including phenoxy) is 2. The van der Waals surface area contributed by atoms with Gasteiger partial charge in [0.2, 0.25) is 0 Å². The van der Waals surface area contributed by atoms with Gasteiger partial charge in [0.05, 0.1) is 18.2 Å². The van der Waals surface area contributed by atoms with Crippen molar-refractivity contribution in [3.05, 3.63) is 0 Å². The van der Waals surface area contributed by atoms with E-state index in [4.69, 9.17) is 14.3 Å². The summed E-state index contributed by atoms with van der Waals surface area (Å²) in [6.45, 7) is 4.94. The molecule has 5 aliphatic rings. The molecule has 5 rings (SSSR count). The molecule has 3 aliphatic heterocycles. The summed E-state index contributed by atoms with van der Waals surface area (Å²) in [5, 5.41) is 2.20. The molecule has 0 unspecified atom stereocenters. The van der Waals surface area contributed by atoms with Crippen LogP contribution in [0.3, 0.4) is 0 Å². The van der Waals surface area contributed by atoms with Crippen LogP contribution in [0.15, 0.2) is 0 Å². The second-order valence-electron chi connectivity index (χ2n) is 6.92. The minimum absolute atomic E-state index is 0.207. The fraction of sp³-hybridized carbons (Fsp3) is 1.00. The molecule has 3 atom stereocenters. The molecule has 3 saturated heterocycles. The van der Waals surface area contributed by atoms with E-state index in [1.807, 2.05) is 13.8 Å². The summed E-state index contributed by atoms with van der Waals surface area (Å²) in [5.74, 6) is -0.406. The Hall–Kier alpha value is -0.160. The Morgan fingerprint density at radius 3 is 2.47 bits per heavy atom. The predicted molar refractivity (Wildman–Crippen MR) is 59.0 cm³/mol. The van der Waals surface area contributed by atoms with E-state index < -0.39 is 5.79 Å². The van der Waals surface area contributed by atoms with Crippen LogP contribution >= 0.6 is 0 Å². The molecule has 4 nitrogen and oxygen atoms in total. The lowest BCUT2D eigenvalue weighted by molar-refractivity contribution is -0.207. The molecule has 3 heterocycles. The molecule has 2 aliphatic carbocycles. The van der Waals surface area contributed by atoms with Gasteiger partial charge in [0, 0.05) is 5.41 Å². The normalized spacial score (nSPS) is 50.8. The van der Waals surface area contributed by atoms with E-state index in [1.165, 1.54) is 25.7 Å². The van der Waals surface area contributed by atoms with E-state index in [9.17, 15) is 0 Å². The fourth-order valence-electron chi connectivity index (χ4n) is 4.58. The van der Waals surface area contributed by atoms with Gasteiger partial charge in [0.1, 0.15) is 12.2 Å². The van der Waals surface area contributed by atoms with Crippen LogP contribution in [0.5, 0.6) is 0 Å². The van der Waals surface area contributed by atoms with Gasteiger partial charge < -0.3 is 9.47 Å². The molecule has 2 saturated carbocycles. The van der Waals surface area contributed by atoms with Gasteiger partial charge in [-0.2, -0.15) is 5.06 Å². The number of rotatable bonds is 0. The summed E-state index contributed by atoms with van der Waals surface area (Å²) in [7, 11) is 0. The molecule has 0 N–H and O–H groups in total. The Bertz CT molecular complexity index is 399. The van der Waals surface area contributed by atoms with Crippen LogP contribution in [-0.4, -0.2) is 41.2 Å². The monoisotopic (exact) mass is 237 g/mol. The number of hydroxylamine groups is 2. The van der Waals surface area contributed by atoms with Crippen molar-refractivity contribution in [3.8, 4) is 0 Å². The number of fused-ring (bicyclic) bond motifs is 5. The van der Waals surface area contributed by atoms with Crippen molar-refractivity contribution >= 4 is 0 Å². The zero-order valence-corrected chi connectivity index (χ0v) is 10.4. The highest BCUT2D eigenvalue weighted by Crippen LogP contribution is 2.74. The topological polar surface area (TPSA) is 30.9 Å². The Kier molecular flexibility index (Phi) is 1.39. The lowest BCUT2D eigenvalue weighted by Gasteiger charge is -2.26. The molecule has 5 fully saturated rings. The second-order valence-corrected chi connectivity index (χ2v) is 6.92. The third-order valence-corrected chi connectivity index (χ3v) is 5.46. The molecule has 17 heavy (non-hydrogen) atoms. The maximum Gasteiger partial charge on any atom is 0.163 e. The molecule has 4 heteroatoms. The van der Waals surface area contributed by atoms with Crippen molar-refractivity contribution in [1.29, 1.82) is 0 Å². The summed E-state index contributed by atoms with van der Waals surface area (Å²) in [4.78, 5) is 6.24. The molecular weight excluding hydrogens is 218 g/mol. The summed E-state index contributed by atoms with van der Waals surface area (Å²) >= 11 is 0. The molecule has 2 spiro atoms. The maximum atomic E-state index is 6.24. The van der Waals surface area contributed by atoms with Crippen LogP contribution in [0, 0.1) is 5.41 Å². The van der Waals surface area contributed by atoms with Gasteiger partial charge in [0.25, 0.3) is 0 Å². The van der Waals surface area contributed by atoms with E-state index in [0.29, 0.717) is 11.5 Å². The molecule has 0 aromatic heterocycles. The highest BCUT2D eigenvalue weighted by molar-refractivity contribution is 5.27. The zero-order valence-electron chi connectivity index (χ0n) is 10.4. The van der Waals surface area contributed by atoms with Crippen molar-refractivity contribution in [3.63, 3.8) is 0 Å². The number of hydrogen-bond donors (Lipinski definition) is 0. The van der Waals surface area contributed by atoms with Crippen LogP contribution in [0.4, 0.5) is 0 Å². The Balaban J connectivity index is 1.54. The average molecular weight is 237 g/mol. The van der Waals surface area contributed by atoms with Crippen LogP contribution in [0.2, 0.25) is 0 Å². The summed E-state index contributed by atoms with van der Waals surface area (Å²) in [5.41, 5.74) is 0.620. The molecule has 0 aromatic carbocycles. The maximum absolute atomic E-state index is 6.24. The smallest absolute Gasteiger partial charge is 0.163 e. The van der Waals surface area contributed by atoms with Gasteiger partial charge in [-0.15, -0.1) is 0 Å². The molecule has 94 valence electrons. The van der Waals surface area contributed by atoms with Gasteiger partial charge in [0.15, 0.2) is 5.79 Å². The van der Waals surface area contributed by atoms with E-state index >= 15 is 0 Å². The van der Waals surface area contributed by atoms with Gasteiger partial charge in [-0.1, -0.05) is 0 Å². The van der Waals surface area contributed by atoms with Gasteiger partial charge >= 0.3 is 0 Å². The third kappa shape index (κ3) is 0.973. The first-order chi connectivity index (χ1) is 8.05. The van der Waals surface area contributed by atoms with E-state index in [0.717, 1.165) is 6.54 Å². The van der Waals surface area contributed by atoms with E-state index in [-0.39, 0.29) is 17.8 Å². The Morgan fingerprint density at radius 2 is 1.82 bits per heavy atom. The number of hydrogen-bond acceptors (Lipinski definition) is 4. The van der Waals surface area contributed by atoms with Crippen molar-refractivity contribution in [2.45, 2.75) is 69.2 Å². The lowest BCUT2D eigenvalue weighted by Crippen LogP contribution is -2.40. The summed E-state index contributed by atoms with van der Waals surface area (Å²) in [6, 6.07) is 0.455. The first-order valence-corrected chi connectivity index (χ1v) is 6.87. The minimum Gasteiger partial charge on any atom is -0.343 e. The van der Waals surface area contributed by atoms with Crippen LogP contribution < -0.4 is 0 Å².